The smallest absolute Gasteiger partial charge is 0.333 e. The van der Waals surface area contributed by atoms with E-state index < -0.39 is 11.2 Å². The first-order valence-corrected chi connectivity index (χ1v) is 6.62. The van der Waals surface area contributed by atoms with Crippen LogP contribution in [0.2, 0.25) is 0 Å². The second-order valence-corrected chi connectivity index (χ2v) is 4.65. The van der Waals surface area contributed by atoms with Crippen LogP contribution in [-0.4, -0.2) is 23.8 Å². The Morgan fingerprint density at radius 2 is 1.77 bits per heavy atom. The van der Waals surface area contributed by atoms with E-state index in [-0.39, 0.29) is 0 Å². The highest BCUT2D eigenvalue weighted by Crippen LogP contribution is 2.25. The second kappa shape index (κ2) is 5.40. The summed E-state index contributed by atoms with van der Waals surface area (Å²) in [5.41, 5.74) is -0.115. The van der Waals surface area contributed by atoms with E-state index in [0.717, 1.165) is 4.57 Å². The average molecular weight is 298 g/mol. The van der Waals surface area contributed by atoms with Gasteiger partial charge >= 0.3 is 5.69 Å². The SMILES string of the molecule is COc1ccc(OC)c(-n2c(=O)[nH]c3ccccc3c2=O)c1. The molecule has 112 valence electrons. The molecule has 3 aromatic rings. The minimum atomic E-state index is -0.532. The van der Waals surface area contributed by atoms with E-state index in [1.54, 1.807) is 42.5 Å². The molecule has 6 heteroatoms. The zero-order valence-electron chi connectivity index (χ0n) is 12.1. The Morgan fingerprint density at radius 1 is 1.00 bits per heavy atom. The molecule has 1 heterocycles. The molecule has 0 amide bonds. The van der Waals surface area contributed by atoms with Crippen molar-refractivity contribution >= 4 is 10.9 Å². The number of fused-ring (bicyclic) bond motifs is 1. The van der Waals surface area contributed by atoms with E-state index >= 15 is 0 Å². The number of para-hydroxylation sites is 1. The lowest BCUT2D eigenvalue weighted by Crippen LogP contribution is -2.33. The van der Waals surface area contributed by atoms with Crippen molar-refractivity contribution in [1.82, 2.24) is 9.55 Å². The first kappa shape index (κ1) is 13.9. The molecule has 3 rings (SSSR count). The molecule has 1 aromatic heterocycles. The van der Waals surface area contributed by atoms with Crippen LogP contribution in [0.15, 0.2) is 52.1 Å². The van der Waals surface area contributed by atoms with Crippen LogP contribution in [0.1, 0.15) is 0 Å². The Labute approximate surface area is 125 Å². The summed E-state index contributed by atoms with van der Waals surface area (Å²) in [5, 5.41) is 0.423. The van der Waals surface area contributed by atoms with Gasteiger partial charge in [-0.2, -0.15) is 0 Å². The van der Waals surface area contributed by atoms with Crippen LogP contribution in [0.25, 0.3) is 16.6 Å². The third kappa shape index (κ3) is 2.14. The highest BCUT2D eigenvalue weighted by atomic mass is 16.5. The molecule has 0 aliphatic heterocycles. The number of H-pyrrole nitrogens is 1. The Bertz CT molecular complexity index is 956. The maximum atomic E-state index is 12.7. The molecule has 0 aliphatic carbocycles. The lowest BCUT2D eigenvalue weighted by molar-refractivity contribution is 0.401. The van der Waals surface area contributed by atoms with Gasteiger partial charge in [0, 0.05) is 6.07 Å². The molecule has 6 nitrogen and oxygen atoms in total. The minimum Gasteiger partial charge on any atom is -0.497 e. The van der Waals surface area contributed by atoms with E-state index in [9.17, 15) is 9.59 Å². The lowest BCUT2D eigenvalue weighted by Gasteiger charge is -2.12. The number of nitrogens with one attached hydrogen (secondary N) is 1. The average Bonchev–Trinajstić information content (AvgIpc) is 2.54. The maximum absolute atomic E-state index is 12.7. The summed E-state index contributed by atoms with van der Waals surface area (Å²) in [6.45, 7) is 0. The third-order valence-corrected chi connectivity index (χ3v) is 3.43. The molecular weight excluding hydrogens is 284 g/mol. The van der Waals surface area contributed by atoms with E-state index in [1.165, 1.54) is 14.2 Å². The maximum Gasteiger partial charge on any atom is 0.333 e. The molecule has 22 heavy (non-hydrogen) atoms. The van der Waals surface area contributed by atoms with Crippen molar-refractivity contribution in [3.8, 4) is 17.2 Å². The van der Waals surface area contributed by atoms with E-state index in [0.29, 0.717) is 28.1 Å². The molecular formula is C16H14N2O4. The fourth-order valence-electron chi connectivity index (χ4n) is 2.35. The number of benzene rings is 2. The van der Waals surface area contributed by atoms with Crippen LogP contribution in [0.3, 0.4) is 0 Å². The summed E-state index contributed by atoms with van der Waals surface area (Å²) in [6, 6.07) is 11.8. The van der Waals surface area contributed by atoms with Gasteiger partial charge in [0.25, 0.3) is 5.56 Å². The van der Waals surface area contributed by atoms with Gasteiger partial charge in [-0.05, 0) is 24.3 Å². The standard InChI is InChI=1S/C16H14N2O4/c1-21-10-7-8-14(22-2)13(9-10)18-15(19)11-5-3-4-6-12(11)17-16(18)20/h3-9H,1-2H3,(H,17,20). The van der Waals surface area contributed by atoms with Gasteiger partial charge in [-0.3, -0.25) is 4.79 Å². The van der Waals surface area contributed by atoms with Gasteiger partial charge < -0.3 is 14.5 Å². The monoisotopic (exact) mass is 298 g/mol. The molecule has 2 aromatic carbocycles. The van der Waals surface area contributed by atoms with Crippen molar-refractivity contribution in [1.29, 1.82) is 0 Å². The van der Waals surface area contributed by atoms with Crippen molar-refractivity contribution in [2.45, 2.75) is 0 Å². The summed E-state index contributed by atoms with van der Waals surface area (Å²) >= 11 is 0. The van der Waals surface area contributed by atoms with Crippen LogP contribution in [-0.2, 0) is 0 Å². The zero-order chi connectivity index (χ0) is 15.7. The van der Waals surface area contributed by atoms with Crippen LogP contribution in [0.4, 0.5) is 0 Å². The lowest BCUT2D eigenvalue weighted by atomic mass is 10.2. The number of ether oxygens (including phenoxy) is 2. The molecule has 0 atom stereocenters. The molecule has 0 bridgehead atoms. The van der Waals surface area contributed by atoms with E-state index in [4.69, 9.17) is 9.47 Å². The molecule has 0 aliphatic rings. The summed E-state index contributed by atoms with van der Waals surface area (Å²) in [4.78, 5) is 27.7. The minimum absolute atomic E-state index is 0.332. The molecule has 0 saturated heterocycles. The van der Waals surface area contributed by atoms with Crippen molar-refractivity contribution < 1.29 is 9.47 Å². The Balaban J connectivity index is 2.40. The van der Waals surface area contributed by atoms with Gasteiger partial charge in [-0.15, -0.1) is 0 Å². The highest BCUT2D eigenvalue weighted by molar-refractivity contribution is 5.77. The number of nitrogens with zero attached hydrogens (tertiary/aromatic N) is 1. The normalized spacial score (nSPS) is 10.6. The third-order valence-electron chi connectivity index (χ3n) is 3.43. The van der Waals surface area contributed by atoms with E-state index in [1.807, 2.05) is 0 Å². The van der Waals surface area contributed by atoms with Gasteiger partial charge in [0.05, 0.1) is 30.8 Å². The van der Waals surface area contributed by atoms with Gasteiger partial charge in [-0.25, -0.2) is 9.36 Å². The van der Waals surface area contributed by atoms with Gasteiger partial charge in [0.1, 0.15) is 11.5 Å². The van der Waals surface area contributed by atoms with Crippen LogP contribution < -0.4 is 20.7 Å². The van der Waals surface area contributed by atoms with Gasteiger partial charge in [-0.1, -0.05) is 12.1 Å². The zero-order valence-corrected chi connectivity index (χ0v) is 12.1. The molecule has 0 spiro atoms. The number of methoxy groups -OCH3 is 2. The predicted octanol–water partition coefficient (Wildman–Crippen LogP) is 1.70. The Hall–Kier alpha value is -3.02. The number of hydrogen-bond donors (Lipinski definition) is 1. The summed E-state index contributed by atoms with van der Waals surface area (Å²) < 4.78 is 11.5. The number of hydrogen-bond acceptors (Lipinski definition) is 4. The first-order chi connectivity index (χ1) is 10.7. The molecule has 0 fully saturated rings. The Kier molecular flexibility index (Phi) is 3.42. The predicted molar refractivity (Wildman–Crippen MR) is 83.3 cm³/mol. The summed E-state index contributed by atoms with van der Waals surface area (Å²) in [6.07, 6.45) is 0. The topological polar surface area (TPSA) is 73.3 Å². The molecule has 1 N–H and O–H groups in total. The van der Waals surface area contributed by atoms with Crippen molar-refractivity contribution in [3.05, 3.63) is 63.3 Å². The van der Waals surface area contributed by atoms with E-state index in [2.05, 4.69) is 4.98 Å². The molecule has 0 radical (unpaired) electrons. The van der Waals surface area contributed by atoms with Crippen LogP contribution >= 0.6 is 0 Å². The quantitative estimate of drug-likeness (QED) is 0.798. The van der Waals surface area contributed by atoms with Crippen LogP contribution in [0.5, 0.6) is 11.5 Å². The number of aromatic amines is 1. The van der Waals surface area contributed by atoms with Crippen LogP contribution in [0, 0.1) is 0 Å². The van der Waals surface area contributed by atoms with Crippen molar-refractivity contribution in [2.24, 2.45) is 0 Å². The number of aromatic nitrogens is 2. The van der Waals surface area contributed by atoms with Crippen molar-refractivity contribution in [3.63, 3.8) is 0 Å². The largest absolute Gasteiger partial charge is 0.497 e. The van der Waals surface area contributed by atoms with Gasteiger partial charge in [0.15, 0.2) is 0 Å². The Morgan fingerprint density at radius 3 is 2.50 bits per heavy atom. The summed E-state index contributed by atoms with van der Waals surface area (Å²) in [7, 11) is 2.99. The summed E-state index contributed by atoms with van der Waals surface area (Å²) in [5.74, 6) is 0.930. The highest BCUT2D eigenvalue weighted by Gasteiger charge is 2.14. The first-order valence-electron chi connectivity index (χ1n) is 6.62. The van der Waals surface area contributed by atoms with Gasteiger partial charge in [0.2, 0.25) is 0 Å². The second-order valence-electron chi connectivity index (χ2n) is 4.65. The fraction of sp³-hybridized carbons (Fsp3) is 0.125. The fourth-order valence-corrected chi connectivity index (χ4v) is 2.35. The molecule has 0 unspecified atom stereocenters. The molecule has 0 saturated carbocycles. The van der Waals surface area contributed by atoms with Crippen molar-refractivity contribution in [2.75, 3.05) is 14.2 Å². The number of rotatable bonds is 3.